The monoisotopic (exact) mass is 378 g/mol. The van der Waals surface area contributed by atoms with Gasteiger partial charge in [-0.2, -0.15) is 0 Å². The molecule has 0 aromatic rings. The predicted octanol–water partition coefficient (Wildman–Crippen LogP) is 5.06. The standard InChI is InChI=1S/C23H38O4/c1-5-7-8-12-21(26-4)13-9-10-14-27-22-16-19(18(3)24)15-20(17-22)23(25)11-6-2/h6-8,19-22H,2,5,9-17H2,1,3-4H3/b8-7-/t19?,20?,21?,22-/m1/s1. The third kappa shape index (κ3) is 9.48. The van der Waals surface area contributed by atoms with E-state index in [2.05, 4.69) is 25.7 Å². The fourth-order valence-corrected chi connectivity index (χ4v) is 3.78. The number of carbonyl (C=O) groups excluding carboxylic acids is 2. The Bertz CT molecular complexity index is 483. The Labute approximate surface area is 165 Å². The van der Waals surface area contributed by atoms with Crippen LogP contribution >= 0.6 is 0 Å². The van der Waals surface area contributed by atoms with E-state index >= 15 is 0 Å². The number of ketones is 2. The number of allylic oxidation sites excluding steroid dienone is 2. The van der Waals surface area contributed by atoms with Crippen LogP contribution in [0, 0.1) is 11.8 Å². The van der Waals surface area contributed by atoms with Gasteiger partial charge in [0, 0.05) is 32.0 Å². The molecule has 3 unspecified atom stereocenters. The Kier molecular flexibility index (Phi) is 12.2. The van der Waals surface area contributed by atoms with Crippen molar-refractivity contribution < 1.29 is 19.1 Å². The normalized spacial score (nSPS) is 24.0. The topological polar surface area (TPSA) is 52.6 Å². The summed E-state index contributed by atoms with van der Waals surface area (Å²) in [7, 11) is 1.77. The van der Waals surface area contributed by atoms with Gasteiger partial charge in [-0.15, -0.1) is 6.58 Å². The van der Waals surface area contributed by atoms with E-state index in [1.165, 1.54) is 0 Å². The highest BCUT2D eigenvalue weighted by Gasteiger charge is 2.34. The summed E-state index contributed by atoms with van der Waals surface area (Å²) in [5.74, 6) is 0.236. The van der Waals surface area contributed by atoms with Gasteiger partial charge in [0.15, 0.2) is 0 Å². The molecule has 0 heterocycles. The van der Waals surface area contributed by atoms with Crippen LogP contribution in [0.4, 0.5) is 0 Å². The number of rotatable bonds is 14. The molecule has 0 aromatic heterocycles. The summed E-state index contributed by atoms with van der Waals surface area (Å²) in [6.07, 6.45) is 13.9. The first kappa shape index (κ1) is 23.8. The fraction of sp³-hybridized carbons (Fsp3) is 0.739. The van der Waals surface area contributed by atoms with Crippen molar-refractivity contribution in [3.8, 4) is 0 Å². The SMILES string of the molecule is C=CCC(=O)C1CC(C(C)=O)C[C@@H](OCCCCC(C/C=C\CC)OC)C1. The van der Waals surface area contributed by atoms with E-state index in [4.69, 9.17) is 9.47 Å². The molecule has 4 nitrogen and oxygen atoms in total. The molecule has 27 heavy (non-hydrogen) atoms. The summed E-state index contributed by atoms with van der Waals surface area (Å²) in [6.45, 7) is 8.09. The van der Waals surface area contributed by atoms with Crippen LogP contribution < -0.4 is 0 Å². The summed E-state index contributed by atoms with van der Waals surface area (Å²) < 4.78 is 11.6. The van der Waals surface area contributed by atoms with Gasteiger partial charge < -0.3 is 9.47 Å². The zero-order valence-corrected chi connectivity index (χ0v) is 17.5. The Morgan fingerprint density at radius 3 is 2.52 bits per heavy atom. The van der Waals surface area contributed by atoms with Gasteiger partial charge in [0.05, 0.1) is 12.2 Å². The second kappa shape index (κ2) is 13.8. The molecule has 1 aliphatic rings. The number of Topliss-reactive ketones (excluding diaryl/α,β-unsaturated/α-hetero) is 2. The van der Waals surface area contributed by atoms with E-state index in [1.807, 2.05) is 0 Å². The number of carbonyl (C=O) groups is 2. The van der Waals surface area contributed by atoms with Crippen molar-refractivity contribution in [1.29, 1.82) is 0 Å². The summed E-state index contributed by atoms with van der Waals surface area (Å²) in [6, 6.07) is 0. The lowest BCUT2D eigenvalue weighted by atomic mass is 9.76. The highest BCUT2D eigenvalue weighted by Crippen LogP contribution is 2.33. The number of hydrogen-bond donors (Lipinski definition) is 0. The lowest BCUT2D eigenvalue weighted by Gasteiger charge is -2.33. The van der Waals surface area contributed by atoms with E-state index in [1.54, 1.807) is 20.1 Å². The summed E-state index contributed by atoms with van der Waals surface area (Å²) in [4.78, 5) is 24.1. The molecular formula is C23H38O4. The molecular weight excluding hydrogens is 340 g/mol. The number of methoxy groups -OCH3 is 1. The minimum Gasteiger partial charge on any atom is -0.381 e. The van der Waals surface area contributed by atoms with Crippen molar-refractivity contribution >= 4 is 11.6 Å². The second-order valence-corrected chi connectivity index (χ2v) is 7.63. The molecule has 0 N–H and O–H groups in total. The predicted molar refractivity (Wildman–Crippen MR) is 110 cm³/mol. The number of unbranched alkanes of at least 4 members (excludes halogenated alkanes) is 1. The summed E-state index contributed by atoms with van der Waals surface area (Å²) in [5.41, 5.74) is 0. The quantitative estimate of drug-likeness (QED) is 0.313. The van der Waals surface area contributed by atoms with Gasteiger partial charge >= 0.3 is 0 Å². The van der Waals surface area contributed by atoms with E-state index in [9.17, 15) is 9.59 Å². The van der Waals surface area contributed by atoms with E-state index in [0.29, 0.717) is 19.4 Å². The van der Waals surface area contributed by atoms with Gasteiger partial charge in [-0.05, 0) is 58.3 Å². The molecule has 4 heteroatoms. The minimum atomic E-state index is -0.0705. The zero-order valence-electron chi connectivity index (χ0n) is 17.5. The van der Waals surface area contributed by atoms with E-state index < -0.39 is 0 Å². The number of ether oxygens (including phenoxy) is 2. The first-order chi connectivity index (χ1) is 13.0. The third-order valence-electron chi connectivity index (χ3n) is 5.45. The largest absolute Gasteiger partial charge is 0.381 e. The molecule has 0 spiro atoms. The van der Waals surface area contributed by atoms with Crippen LogP contribution in [-0.2, 0) is 19.1 Å². The van der Waals surface area contributed by atoms with Crippen molar-refractivity contribution in [1.82, 2.24) is 0 Å². The molecule has 1 rings (SSSR count). The van der Waals surface area contributed by atoms with E-state index in [-0.39, 0.29) is 35.6 Å². The van der Waals surface area contributed by atoms with Gasteiger partial charge in [0.25, 0.3) is 0 Å². The first-order valence-electron chi connectivity index (χ1n) is 10.4. The van der Waals surface area contributed by atoms with Crippen LogP contribution in [0.2, 0.25) is 0 Å². The van der Waals surface area contributed by atoms with Crippen LogP contribution in [0.15, 0.2) is 24.8 Å². The average Bonchev–Trinajstić information content (AvgIpc) is 2.66. The van der Waals surface area contributed by atoms with Crippen LogP contribution in [0.5, 0.6) is 0 Å². The molecule has 0 amide bonds. The Morgan fingerprint density at radius 1 is 1.15 bits per heavy atom. The molecule has 0 radical (unpaired) electrons. The Morgan fingerprint density at radius 2 is 1.89 bits per heavy atom. The molecule has 4 atom stereocenters. The maximum atomic E-state index is 12.2. The molecule has 1 aliphatic carbocycles. The molecule has 0 saturated heterocycles. The van der Waals surface area contributed by atoms with Crippen LogP contribution in [-0.4, -0.2) is 37.5 Å². The minimum absolute atomic E-state index is 0.0112. The molecule has 0 aliphatic heterocycles. The second-order valence-electron chi connectivity index (χ2n) is 7.63. The maximum Gasteiger partial charge on any atom is 0.139 e. The number of hydrogen-bond acceptors (Lipinski definition) is 4. The highest BCUT2D eigenvalue weighted by atomic mass is 16.5. The lowest BCUT2D eigenvalue weighted by molar-refractivity contribution is -0.130. The average molecular weight is 379 g/mol. The van der Waals surface area contributed by atoms with Crippen molar-refractivity contribution in [2.75, 3.05) is 13.7 Å². The van der Waals surface area contributed by atoms with E-state index in [0.717, 1.165) is 44.9 Å². The first-order valence-corrected chi connectivity index (χ1v) is 10.4. The van der Waals surface area contributed by atoms with Crippen molar-refractivity contribution in [2.24, 2.45) is 11.8 Å². The molecule has 154 valence electrons. The van der Waals surface area contributed by atoms with Crippen LogP contribution in [0.25, 0.3) is 0 Å². The summed E-state index contributed by atoms with van der Waals surface area (Å²) >= 11 is 0. The van der Waals surface area contributed by atoms with Gasteiger partial charge in [0.1, 0.15) is 11.6 Å². The maximum absolute atomic E-state index is 12.2. The van der Waals surface area contributed by atoms with Crippen molar-refractivity contribution in [2.45, 2.75) is 83.8 Å². The van der Waals surface area contributed by atoms with Crippen molar-refractivity contribution in [3.05, 3.63) is 24.8 Å². The van der Waals surface area contributed by atoms with Gasteiger partial charge in [-0.25, -0.2) is 0 Å². The van der Waals surface area contributed by atoms with Crippen LogP contribution in [0.3, 0.4) is 0 Å². The molecule has 0 aromatic carbocycles. The Hall–Kier alpha value is -1.26. The summed E-state index contributed by atoms with van der Waals surface area (Å²) in [5, 5.41) is 0. The zero-order chi connectivity index (χ0) is 20.1. The molecule has 1 saturated carbocycles. The molecule has 1 fully saturated rings. The van der Waals surface area contributed by atoms with Gasteiger partial charge in [-0.3, -0.25) is 9.59 Å². The fourth-order valence-electron chi connectivity index (χ4n) is 3.78. The van der Waals surface area contributed by atoms with Crippen LogP contribution in [0.1, 0.15) is 71.6 Å². The highest BCUT2D eigenvalue weighted by molar-refractivity contribution is 5.84. The van der Waals surface area contributed by atoms with Crippen molar-refractivity contribution in [3.63, 3.8) is 0 Å². The van der Waals surface area contributed by atoms with Gasteiger partial charge in [0.2, 0.25) is 0 Å². The third-order valence-corrected chi connectivity index (χ3v) is 5.45. The smallest absolute Gasteiger partial charge is 0.139 e. The van der Waals surface area contributed by atoms with Gasteiger partial charge in [-0.1, -0.05) is 25.2 Å². The molecule has 0 bridgehead atoms. The Balaban J connectivity index is 2.36. The lowest BCUT2D eigenvalue weighted by Crippen LogP contribution is -2.35.